The van der Waals surface area contributed by atoms with Gasteiger partial charge in [0, 0.05) is 30.7 Å². The van der Waals surface area contributed by atoms with Crippen molar-refractivity contribution in [2.75, 3.05) is 5.32 Å². The first-order chi connectivity index (χ1) is 13.4. The van der Waals surface area contributed by atoms with Crippen molar-refractivity contribution in [1.29, 1.82) is 0 Å². The van der Waals surface area contributed by atoms with E-state index >= 15 is 0 Å². The molecule has 0 unspecified atom stereocenters. The van der Waals surface area contributed by atoms with Gasteiger partial charge in [0.2, 0.25) is 0 Å². The van der Waals surface area contributed by atoms with E-state index in [9.17, 15) is 13.2 Å². The molecule has 4 rings (SSSR count). The molecule has 0 aliphatic carbocycles. The maximum absolute atomic E-state index is 13.1. The zero-order valence-electron chi connectivity index (χ0n) is 14.4. The van der Waals surface area contributed by atoms with Crippen molar-refractivity contribution in [2.45, 2.75) is 12.7 Å². The van der Waals surface area contributed by atoms with E-state index in [4.69, 9.17) is 0 Å². The molecule has 0 bridgehead atoms. The molecular formula is C20H14BrF3N4. The highest BCUT2D eigenvalue weighted by Gasteiger charge is 2.30. The van der Waals surface area contributed by atoms with Crippen molar-refractivity contribution in [3.63, 3.8) is 0 Å². The molecule has 8 heteroatoms. The fourth-order valence-electron chi connectivity index (χ4n) is 2.92. The smallest absolute Gasteiger partial charge is 0.378 e. The number of pyridine rings is 2. The predicted molar refractivity (Wildman–Crippen MR) is 105 cm³/mol. The molecule has 4 nitrogen and oxygen atoms in total. The number of alkyl halides is 3. The second-order valence-electron chi connectivity index (χ2n) is 6.21. The Morgan fingerprint density at radius 1 is 1.04 bits per heavy atom. The Balaban J connectivity index is 1.76. The average molecular weight is 447 g/mol. The summed E-state index contributed by atoms with van der Waals surface area (Å²) in [6.07, 6.45) is 2.47. The quantitative estimate of drug-likeness (QED) is 0.431. The lowest BCUT2D eigenvalue weighted by Crippen LogP contribution is -2.05. The minimum Gasteiger partial charge on any atom is -0.378 e. The Kier molecular flexibility index (Phi) is 4.80. The van der Waals surface area contributed by atoms with Gasteiger partial charge in [0.05, 0.1) is 17.4 Å². The zero-order valence-corrected chi connectivity index (χ0v) is 16.0. The van der Waals surface area contributed by atoms with Crippen molar-refractivity contribution in [2.24, 2.45) is 0 Å². The van der Waals surface area contributed by atoms with Crippen LogP contribution in [0, 0.1) is 0 Å². The van der Waals surface area contributed by atoms with Gasteiger partial charge in [-0.15, -0.1) is 0 Å². The summed E-state index contributed by atoms with van der Waals surface area (Å²) in [5.41, 5.74) is 2.80. The molecule has 0 saturated heterocycles. The van der Waals surface area contributed by atoms with Crippen LogP contribution in [0.2, 0.25) is 0 Å². The van der Waals surface area contributed by atoms with Gasteiger partial charge < -0.3 is 5.32 Å². The SMILES string of the molecule is FC(F)(F)c1cccc(-c2cc(NCc3cccnc3)c3ncc(Br)n3c2)c1. The molecule has 142 valence electrons. The van der Waals surface area contributed by atoms with Crippen molar-refractivity contribution >= 4 is 27.3 Å². The van der Waals surface area contributed by atoms with Crippen LogP contribution in [-0.4, -0.2) is 14.4 Å². The Hall–Kier alpha value is -2.87. The monoisotopic (exact) mass is 446 g/mol. The number of imidazole rings is 1. The van der Waals surface area contributed by atoms with Crippen LogP contribution in [-0.2, 0) is 12.7 Å². The predicted octanol–water partition coefficient (Wildman–Crippen LogP) is 5.79. The largest absolute Gasteiger partial charge is 0.416 e. The molecule has 1 N–H and O–H groups in total. The van der Waals surface area contributed by atoms with Gasteiger partial charge in [-0.25, -0.2) is 4.98 Å². The fraction of sp³-hybridized carbons (Fsp3) is 0.100. The summed E-state index contributed by atoms with van der Waals surface area (Å²) in [6, 6.07) is 10.9. The lowest BCUT2D eigenvalue weighted by atomic mass is 10.0. The van der Waals surface area contributed by atoms with Gasteiger partial charge in [-0.3, -0.25) is 9.38 Å². The van der Waals surface area contributed by atoms with Crippen molar-refractivity contribution in [3.05, 3.63) is 83.0 Å². The number of hydrogen-bond acceptors (Lipinski definition) is 3. The van der Waals surface area contributed by atoms with Crippen LogP contribution in [0.3, 0.4) is 0 Å². The second kappa shape index (κ2) is 7.27. The molecule has 0 saturated carbocycles. The van der Waals surface area contributed by atoms with Gasteiger partial charge in [-0.1, -0.05) is 18.2 Å². The lowest BCUT2D eigenvalue weighted by Gasteiger charge is -2.13. The maximum Gasteiger partial charge on any atom is 0.416 e. The molecule has 0 aliphatic heterocycles. The summed E-state index contributed by atoms with van der Waals surface area (Å²) < 4.78 is 41.8. The van der Waals surface area contributed by atoms with Crippen LogP contribution < -0.4 is 5.32 Å². The second-order valence-corrected chi connectivity index (χ2v) is 7.02. The van der Waals surface area contributed by atoms with Gasteiger partial charge in [0.1, 0.15) is 4.60 Å². The van der Waals surface area contributed by atoms with Gasteiger partial charge >= 0.3 is 6.18 Å². The maximum atomic E-state index is 13.1. The minimum atomic E-state index is -4.39. The van der Waals surface area contributed by atoms with E-state index in [2.05, 4.69) is 31.2 Å². The van der Waals surface area contributed by atoms with Crippen molar-refractivity contribution in [1.82, 2.24) is 14.4 Å². The van der Waals surface area contributed by atoms with Crippen molar-refractivity contribution in [3.8, 4) is 11.1 Å². The van der Waals surface area contributed by atoms with Crippen LogP contribution in [0.5, 0.6) is 0 Å². The van der Waals surface area contributed by atoms with Crippen LogP contribution in [0.15, 0.2) is 71.9 Å². The third-order valence-electron chi connectivity index (χ3n) is 4.29. The topological polar surface area (TPSA) is 42.2 Å². The Morgan fingerprint density at radius 3 is 2.64 bits per heavy atom. The number of benzene rings is 1. The van der Waals surface area contributed by atoms with E-state index in [1.165, 1.54) is 6.07 Å². The third-order valence-corrected chi connectivity index (χ3v) is 4.88. The van der Waals surface area contributed by atoms with E-state index in [0.29, 0.717) is 33.6 Å². The van der Waals surface area contributed by atoms with E-state index in [-0.39, 0.29) is 0 Å². The lowest BCUT2D eigenvalue weighted by molar-refractivity contribution is -0.137. The van der Waals surface area contributed by atoms with E-state index < -0.39 is 11.7 Å². The summed E-state index contributed by atoms with van der Waals surface area (Å²) in [6.45, 7) is 0.514. The van der Waals surface area contributed by atoms with Gasteiger partial charge in [-0.05, 0) is 51.3 Å². The number of anilines is 1. The summed E-state index contributed by atoms with van der Waals surface area (Å²) in [4.78, 5) is 8.47. The van der Waals surface area contributed by atoms with Crippen LogP contribution in [0.1, 0.15) is 11.1 Å². The highest BCUT2D eigenvalue weighted by Crippen LogP contribution is 2.34. The van der Waals surface area contributed by atoms with Gasteiger partial charge in [0.15, 0.2) is 5.65 Å². The van der Waals surface area contributed by atoms with Gasteiger partial charge in [-0.2, -0.15) is 13.2 Å². The third kappa shape index (κ3) is 3.73. The number of hydrogen-bond donors (Lipinski definition) is 1. The molecule has 3 aromatic heterocycles. The highest BCUT2D eigenvalue weighted by molar-refractivity contribution is 9.10. The first-order valence-corrected chi connectivity index (χ1v) is 9.18. The fourth-order valence-corrected chi connectivity index (χ4v) is 3.29. The Morgan fingerprint density at radius 2 is 1.89 bits per heavy atom. The Bertz CT molecular complexity index is 1120. The molecule has 0 spiro atoms. The molecule has 0 fully saturated rings. The van der Waals surface area contributed by atoms with Gasteiger partial charge in [0.25, 0.3) is 0 Å². The molecule has 0 atom stereocenters. The number of halogens is 4. The van der Waals surface area contributed by atoms with Crippen LogP contribution in [0.4, 0.5) is 18.9 Å². The number of fused-ring (bicyclic) bond motifs is 1. The summed E-state index contributed by atoms with van der Waals surface area (Å²) in [7, 11) is 0. The minimum absolute atomic E-state index is 0.474. The standard InChI is InChI=1S/C20H14BrF3N4/c21-18-11-27-19-17(26-10-13-3-2-6-25-9-13)8-15(12-28(18)19)14-4-1-5-16(7-14)20(22,23)24/h1-9,11-12,26H,10H2. The number of rotatable bonds is 4. The molecule has 28 heavy (non-hydrogen) atoms. The molecule has 0 radical (unpaired) electrons. The first kappa shape index (κ1) is 18.5. The first-order valence-electron chi connectivity index (χ1n) is 8.39. The van der Waals surface area contributed by atoms with Crippen LogP contribution >= 0.6 is 15.9 Å². The van der Waals surface area contributed by atoms with E-state index in [1.807, 2.05) is 12.1 Å². The normalized spacial score (nSPS) is 11.7. The number of nitrogens with zero attached hydrogens (tertiary/aromatic N) is 3. The summed E-state index contributed by atoms with van der Waals surface area (Å²) in [5.74, 6) is 0. The molecule has 1 aromatic carbocycles. The molecule has 0 aliphatic rings. The highest BCUT2D eigenvalue weighted by atomic mass is 79.9. The zero-order chi connectivity index (χ0) is 19.7. The van der Waals surface area contributed by atoms with E-state index in [1.54, 1.807) is 41.3 Å². The number of nitrogens with one attached hydrogen (secondary N) is 1. The van der Waals surface area contributed by atoms with Crippen molar-refractivity contribution < 1.29 is 13.2 Å². The van der Waals surface area contributed by atoms with Crippen LogP contribution in [0.25, 0.3) is 16.8 Å². The Labute approximate surface area is 167 Å². The molecule has 0 amide bonds. The van der Waals surface area contributed by atoms with E-state index in [0.717, 1.165) is 17.7 Å². The number of aromatic nitrogens is 3. The molecular weight excluding hydrogens is 433 g/mol. The molecule has 3 heterocycles. The molecule has 4 aromatic rings. The summed E-state index contributed by atoms with van der Waals surface area (Å²) >= 11 is 3.43. The summed E-state index contributed by atoms with van der Waals surface area (Å²) in [5, 5.41) is 3.31. The average Bonchev–Trinajstić information content (AvgIpc) is 3.07.